The fraction of sp³-hybridized carbons (Fsp3) is 0.385. The van der Waals surface area contributed by atoms with Crippen LogP contribution in [0.15, 0.2) is 18.2 Å². The maximum Gasteiger partial charge on any atom is 0.303 e. The van der Waals surface area contributed by atoms with Crippen LogP contribution in [0.5, 0.6) is 0 Å². The van der Waals surface area contributed by atoms with Gasteiger partial charge in [-0.15, -0.1) is 0 Å². The lowest BCUT2D eigenvalue weighted by Crippen LogP contribution is -2.30. The molecule has 0 spiro atoms. The zero-order valence-corrected chi connectivity index (χ0v) is 10.9. The largest absolute Gasteiger partial charge is 0.481 e. The minimum Gasteiger partial charge on any atom is -0.481 e. The van der Waals surface area contributed by atoms with Gasteiger partial charge < -0.3 is 10.0 Å². The van der Waals surface area contributed by atoms with Crippen molar-refractivity contribution in [3.63, 3.8) is 0 Å². The highest BCUT2D eigenvalue weighted by atomic mass is 35.5. The standard InChI is InChI=1S/C13H13ClFNO3/c14-9-2-1-3-10(15)12(9)13(19)16-5-4-8(7-16)6-11(17)18/h1-3,8H,4-7H2,(H,17,18). The van der Waals surface area contributed by atoms with E-state index in [1.807, 2.05) is 0 Å². The minimum atomic E-state index is -0.886. The van der Waals surface area contributed by atoms with Gasteiger partial charge in [-0.25, -0.2) is 4.39 Å². The summed E-state index contributed by atoms with van der Waals surface area (Å²) in [5, 5.41) is 8.80. The van der Waals surface area contributed by atoms with Gasteiger partial charge in [0.05, 0.1) is 10.6 Å². The van der Waals surface area contributed by atoms with Crippen LogP contribution in [0.3, 0.4) is 0 Å². The van der Waals surface area contributed by atoms with Crippen LogP contribution < -0.4 is 0 Å². The van der Waals surface area contributed by atoms with E-state index in [0.29, 0.717) is 19.5 Å². The molecule has 0 bridgehead atoms. The molecule has 2 rings (SSSR count). The van der Waals surface area contributed by atoms with E-state index in [9.17, 15) is 14.0 Å². The predicted molar refractivity (Wildman–Crippen MR) is 67.7 cm³/mol. The van der Waals surface area contributed by atoms with Gasteiger partial charge in [-0.1, -0.05) is 17.7 Å². The molecular formula is C13H13ClFNO3. The van der Waals surface area contributed by atoms with Gasteiger partial charge in [-0.2, -0.15) is 0 Å². The fourth-order valence-corrected chi connectivity index (χ4v) is 2.53. The lowest BCUT2D eigenvalue weighted by atomic mass is 10.1. The molecule has 1 aromatic rings. The summed E-state index contributed by atoms with van der Waals surface area (Å²) in [4.78, 5) is 24.3. The van der Waals surface area contributed by atoms with E-state index >= 15 is 0 Å². The Morgan fingerprint density at radius 1 is 1.47 bits per heavy atom. The molecule has 1 amide bonds. The summed E-state index contributed by atoms with van der Waals surface area (Å²) in [5.74, 6) is -2.09. The number of carbonyl (C=O) groups is 2. The molecule has 6 heteroatoms. The first kappa shape index (κ1) is 13.8. The maximum atomic E-state index is 13.6. The summed E-state index contributed by atoms with van der Waals surface area (Å²) in [7, 11) is 0. The Hall–Kier alpha value is -1.62. The number of likely N-dealkylation sites (tertiary alicyclic amines) is 1. The molecular weight excluding hydrogens is 273 g/mol. The number of rotatable bonds is 3. The Kier molecular flexibility index (Phi) is 4.04. The minimum absolute atomic E-state index is 0.0226. The summed E-state index contributed by atoms with van der Waals surface area (Å²) >= 11 is 5.84. The molecule has 19 heavy (non-hydrogen) atoms. The average Bonchev–Trinajstić information content (AvgIpc) is 2.76. The molecule has 0 radical (unpaired) electrons. The van der Waals surface area contributed by atoms with Gasteiger partial charge in [0, 0.05) is 19.5 Å². The first-order chi connectivity index (χ1) is 8.99. The van der Waals surface area contributed by atoms with Crippen molar-refractivity contribution in [2.24, 2.45) is 5.92 Å². The van der Waals surface area contributed by atoms with Gasteiger partial charge in [0.2, 0.25) is 0 Å². The first-order valence-corrected chi connectivity index (χ1v) is 6.32. The number of carboxylic acid groups (broad SMARTS) is 1. The van der Waals surface area contributed by atoms with Crippen LogP contribution in [-0.4, -0.2) is 35.0 Å². The molecule has 4 nitrogen and oxygen atoms in total. The number of aliphatic carboxylic acids is 1. The van der Waals surface area contributed by atoms with Crippen molar-refractivity contribution in [2.75, 3.05) is 13.1 Å². The predicted octanol–water partition coefficient (Wildman–Crippen LogP) is 2.42. The molecule has 1 saturated heterocycles. The molecule has 1 atom stereocenters. The molecule has 102 valence electrons. The highest BCUT2D eigenvalue weighted by Gasteiger charge is 2.30. The van der Waals surface area contributed by atoms with Crippen molar-refractivity contribution in [3.8, 4) is 0 Å². The Bertz CT molecular complexity index is 500. The number of halogens is 2. The lowest BCUT2D eigenvalue weighted by molar-refractivity contribution is -0.138. The van der Waals surface area contributed by atoms with Gasteiger partial charge in [-0.05, 0) is 24.5 Å². The summed E-state index contributed by atoms with van der Waals surface area (Å²) < 4.78 is 13.6. The average molecular weight is 286 g/mol. The van der Waals surface area contributed by atoms with Gasteiger partial charge >= 0.3 is 5.97 Å². The third-order valence-corrected chi connectivity index (χ3v) is 3.53. The quantitative estimate of drug-likeness (QED) is 0.928. The third kappa shape index (κ3) is 3.04. The van der Waals surface area contributed by atoms with Gasteiger partial charge in [0.25, 0.3) is 5.91 Å². The van der Waals surface area contributed by atoms with E-state index in [4.69, 9.17) is 16.7 Å². The van der Waals surface area contributed by atoms with E-state index in [2.05, 4.69) is 0 Å². The number of hydrogen-bond acceptors (Lipinski definition) is 2. The first-order valence-electron chi connectivity index (χ1n) is 5.94. The third-order valence-electron chi connectivity index (χ3n) is 3.21. The Morgan fingerprint density at radius 2 is 2.21 bits per heavy atom. The van der Waals surface area contributed by atoms with E-state index in [1.165, 1.54) is 23.1 Å². The fourth-order valence-electron chi connectivity index (χ4n) is 2.29. The van der Waals surface area contributed by atoms with Crippen molar-refractivity contribution in [3.05, 3.63) is 34.6 Å². The van der Waals surface area contributed by atoms with Crippen LogP contribution in [0, 0.1) is 11.7 Å². The topological polar surface area (TPSA) is 57.6 Å². The molecule has 0 aromatic heterocycles. The summed E-state index contributed by atoms with van der Waals surface area (Å²) in [6.45, 7) is 0.761. The molecule has 0 aliphatic carbocycles. The maximum absolute atomic E-state index is 13.6. The van der Waals surface area contributed by atoms with Crippen molar-refractivity contribution < 1.29 is 19.1 Å². The Labute approximate surface area is 114 Å². The van der Waals surface area contributed by atoms with Gasteiger partial charge in [-0.3, -0.25) is 9.59 Å². The molecule has 1 heterocycles. The van der Waals surface area contributed by atoms with Crippen molar-refractivity contribution in [1.29, 1.82) is 0 Å². The van der Waals surface area contributed by atoms with E-state index in [-0.39, 0.29) is 22.9 Å². The summed E-state index contributed by atoms with van der Waals surface area (Å²) in [5.41, 5.74) is -0.139. The normalized spacial score (nSPS) is 18.6. The zero-order chi connectivity index (χ0) is 14.0. The monoisotopic (exact) mass is 285 g/mol. The van der Waals surface area contributed by atoms with Crippen LogP contribution in [0.2, 0.25) is 5.02 Å². The highest BCUT2D eigenvalue weighted by Crippen LogP contribution is 2.25. The van der Waals surface area contributed by atoms with Crippen LogP contribution in [0.1, 0.15) is 23.2 Å². The molecule has 1 N–H and O–H groups in total. The number of hydrogen-bond donors (Lipinski definition) is 1. The summed E-state index contributed by atoms with van der Waals surface area (Å²) in [6.07, 6.45) is 0.638. The lowest BCUT2D eigenvalue weighted by Gasteiger charge is -2.17. The van der Waals surface area contributed by atoms with E-state index in [0.717, 1.165) is 0 Å². The number of carboxylic acids is 1. The highest BCUT2D eigenvalue weighted by molar-refractivity contribution is 6.33. The smallest absolute Gasteiger partial charge is 0.303 e. The zero-order valence-electron chi connectivity index (χ0n) is 10.1. The second-order valence-corrected chi connectivity index (χ2v) is 5.01. The van der Waals surface area contributed by atoms with Crippen LogP contribution in [0.25, 0.3) is 0 Å². The Balaban J connectivity index is 2.11. The molecule has 1 unspecified atom stereocenters. The molecule has 0 saturated carbocycles. The molecule has 1 fully saturated rings. The van der Waals surface area contributed by atoms with Gasteiger partial charge in [0.15, 0.2) is 0 Å². The van der Waals surface area contributed by atoms with Crippen LogP contribution in [-0.2, 0) is 4.79 Å². The second-order valence-electron chi connectivity index (χ2n) is 4.60. The van der Waals surface area contributed by atoms with Crippen LogP contribution >= 0.6 is 11.6 Å². The molecule has 1 aromatic carbocycles. The van der Waals surface area contributed by atoms with Crippen molar-refractivity contribution in [1.82, 2.24) is 4.90 Å². The van der Waals surface area contributed by atoms with Gasteiger partial charge in [0.1, 0.15) is 5.82 Å². The van der Waals surface area contributed by atoms with E-state index in [1.54, 1.807) is 0 Å². The van der Waals surface area contributed by atoms with E-state index < -0.39 is 17.7 Å². The number of benzene rings is 1. The molecule has 1 aliphatic heterocycles. The number of amides is 1. The number of nitrogens with zero attached hydrogens (tertiary/aromatic N) is 1. The molecule has 1 aliphatic rings. The number of carbonyl (C=O) groups excluding carboxylic acids is 1. The Morgan fingerprint density at radius 3 is 2.84 bits per heavy atom. The summed E-state index contributed by atoms with van der Waals surface area (Å²) in [6, 6.07) is 4.08. The van der Waals surface area contributed by atoms with Crippen molar-refractivity contribution in [2.45, 2.75) is 12.8 Å². The van der Waals surface area contributed by atoms with Crippen molar-refractivity contribution >= 4 is 23.5 Å². The SMILES string of the molecule is O=C(O)CC1CCN(C(=O)c2c(F)cccc2Cl)C1. The second kappa shape index (κ2) is 5.57. The van der Waals surface area contributed by atoms with Crippen LogP contribution in [0.4, 0.5) is 4.39 Å².